The number of rotatable bonds is 5. The van der Waals surface area contributed by atoms with Crippen LogP contribution >= 0.6 is 0 Å². The molecule has 0 atom stereocenters. The molecule has 0 spiro atoms. The molecule has 0 aliphatic heterocycles. The average molecular weight is 239 g/mol. The van der Waals surface area contributed by atoms with Crippen LogP contribution < -0.4 is 0 Å². The summed E-state index contributed by atoms with van der Waals surface area (Å²) in [5.41, 5.74) is 0.374. The summed E-state index contributed by atoms with van der Waals surface area (Å²) in [6.07, 6.45) is 3.40. The molecule has 1 rings (SSSR count). The molecule has 0 N–H and O–H groups in total. The van der Waals surface area contributed by atoms with E-state index in [1.54, 1.807) is 38.1 Å². The van der Waals surface area contributed by atoms with Crippen molar-refractivity contribution in [1.29, 1.82) is 0 Å². The van der Waals surface area contributed by atoms with Gasteiger partial charge >= 0.3 is 5.97 Å². The van der Waals surface area contributed by atoms with Crippen LogP contribution in [0.25, 0.3) is 0 Å². The monoisotopic (exact) mass is 239 g/mol. The molecule has 1 heterocycles. The van der Waals surface area contributed by atoms with Crippen molar-refractivity contribution in [2.45, 2.75) is 13.3 Å². The van der Waals surface area contributed by atoms with Gasteiger partial charge in [0.1, 0.15) is 5.69 Å². The molecule has 1 aromatic heterocycles. The van der Waals surface area contributed by atoms with E-state index in [4.69, 9.17) is 4.74 Å². The molecule has 0 aromatic carbocycles. The van der Waals surface area contributed by atoms with Crippen LogP contribution in [0.4, 0.5) is 0 Å². The zero-order valence-electron chi connectivity index (χ0n) is 10.3. The maximum absolute atomic E-state index is 11.8. The fourth-order valence-corrected chi connectivity index (χ4v) is 1.31. The van der Waals surface area contributed by atoms with Gasteiger partial charge in [-0.05, 0) is 6.92 Å². The highest BCUT2D eigenvalue weighted by molar-refractivity contribution is 5.92. The topological polar surface area (TPSA) is 64.4 Å². The number of hydrogen-bond acceptors (Lipinski definition) is 4. The van der Waals surface area contributed by atoms with Gasteiger partial charge in [0.25, 0.3) is 5.91 Å². The van der Waals surface area contributed by atoms with Crippen molar-refractivity contribution in [1.82, 2.24) is 14.5 Å². The fraction of sp³-hybridized carbons (Fsp3) is 0.545. The standard InChI is InChI=1S/C11H17N3O3/c1-4-17-10(15)5-6-14(3)11(16)9-7-13(2)8-12-9/h7-8H,4-6H2,1-3H3. The largest absolute Gasteiger partial charge is 0.466 e. The number of esters is 1. The molecule has 6 heteroatoms. The zero-order valence-corrected chi connectivity index (χ0v) is 10.3. The highest BCUT2D eigenvalue weighted by Crippen LogP contribution is 2.01. The minimum Gasteiger partial charge on any atom is -0.466 e. The summed E-state index contributed by atoms with van der Waals surface area (Å²) < 4.78 is 6.49. The summed E-state index contributed by atoms with van der Waals surface area (Å²) in [6, 6.07) is 0. The van der Waals surface area contributed by atoms with Gasteiger partial charge in [-0.2, -0.15) is 0 Å². The molecule has 1 amide bonds. The number of ether oxygens (including phenoxy) is 1. The number of hydrogen-bond donors (Lipinski definition) is 0. The van der Waals surface area contributed by atoms with Crippen LogP contribution in [0.2, 0.25) is 0 Å². The quantitative estimate of drug-likeness (QED) is 0.700. The number of amides is 1. The molecule has 0 fully saturated rings. The van der Waals surface area contributed by atoms with Gasteiger partial charge in [0.15, 0.2) is 0 Å². The van der Waals surface area contributed by atoms with Gasteiger partial charge in [0.05, 0.1) is 19.4 Å². The first-order valence-electron chi connectivity index (χ1n) is 5.43. The second kappa shape index (κ2) is 6.03. The molecule has 17 heavy (non-hydrogen) atoms. The van der Waals surface area contributed by atoms with Crippen molar-refractivity contribution in [3.63, 3.8) is 0 Å². The molecule has 1 aromatic rings. The van der Waals surface area contributed by atoms with Gasteiger partial charge in [-0.25, -0.2) is 4.98 Å². The number of carbonyl (C=O) groups is 2. The Morgan fingerprint density at radius 2 is 2.24 bits per heavy atom. The van der Waals surface area contributed by atoms with Crippen LogP contribution in [0.15, 0.2) is 12.5 Å². The van der Waals surface area contributed by atoms with Crippen molar-refractivity contribution in [2.24, 2.45) is 7.05 Å². The van der Waals surface area contributed by atoms with Crippen LogP contribution in [-0.4, -0.2) is 46.5 Å². The second-order valence-corrected chi connectivity index (χ2v) is 3.71. The molecule has 0 aliphatic rings. The first-order chi connectivity index (χ1) is 8.04. The van der Waals surface area contributed by atoms with Crippen molar-refractivity contribution in [3.05, 3.63) is 18.2 Å². The summed E-state index contributed by atoms with van der Waals surface area (Å²) in [5.74, 6) is -0.497. The van der Waals surface area contributed by atoms with Crippen LogP contribution in [0.1, 0.15) is 23.8 Å². The lowest BCUT2D eigenvalue weighted by Gasteiger charge is -2.14. The Kier molecular flexibility index (Phi) is 4.68. The SMILES string of the molecule is CCOC(=O)CCN(C)C(=O)c1cn(C)cn1. The summed E-state index contributed by atoms with van der Waals surface area (Å²) in [5, 5.41) is 0. The highest BCUT2D eigenvalue weighted by Gasteiger charge is 2.15. The fourth-order valence-electron chi connectivity index (χ4n) is 1.31. The molecule has 6 nitrogen and oxygen atoms in total. The Bertz CT molecular complexity index is 400. The molecule has 0 bridgehead atoms. The van der Waals surface area contributed by atoms with E-state index in [9.17, 15) is 9.59 Å². The molecule has 0 unspecified atom stereocenters. The molecule has 0 radical (unpaired) electrons. The predicted octanol–water partition coefficient (Wildman–Crippen LogP) is 0.445. The summed E-state index contributed by atoms with van der Waals surface area (Å²) in [6.45, 7) is 2.44. The first kappa shape index (κ1) is 13.2. The van der Waals surface area contributed by atoms with E-state index in [0.717, 1.165) is 0 Å². The van der Waals surface area contributed by atoms with E-state index in [2.05, 4.69) is 4.98 Å². The van der Waals surface area contributed by atoms with Gasteiger partial charge in [-0.3, -0.25) is 9.59 Å². The van der Waals surface area contributed by atoms with Crippen molar-refractivity contribution < 1.29 is 14.3 Å². The molecule has 0 saturated carbocycles. The Labute approximate surface area is 100 Å². The van der Waals surface area contributed by atoms with Gasteiger partial charge in [0, 0.05) is 26.8 Å². The minimum absolute atomic E-state index is 0.197. The Balaban J connectivity index is 2.45. The summed E-state index contributed by atoms with van der Waals surface area (Å²) >= 11 is 0. The second-order valence-electron chi connectivity index (χ2n) is 3.71. The first-order valence-corrected chi connectivity index (χ1v) is 5.43. The van der Waals surface area contributed by atoms with E-state index in [1.807, 2.05) is 0 Å². The molecule has 0 aliphatic carbocycles. The Morgan fingerprint density at radius 1 is 1.53 bits per heavy atom. The van der Waals surface area contributed by atoms with E-state index in [-0.39, 0.29) is 18.3 Å². The van der Waals surface area contributed by atoms with Crippen molar-refractivity contribution in [3.8, 4) is 0 Å². The normalized spacial score (nSPS) is 10.1. The highest BCUT2D eigenvalue weighted by atomic mass is 16.5. The van der Waals surface area contributed by atoms with E-state index in [1.165, 1.54) is 4.90 Å². The maximum atomic E-state index is 11.8. The van der Waals surface area contributed by atoms with Crippen LogP contribution in [-0.2, 0) is 16.6 Å². The van der Waals surface area contributed by atoms with E-state index >= 15 is 0 Å². The number of carbonyl (C=O) groups excluding carboxylic acids is 2. The third kappa shape index (κ3) is 3.90. The lowest BCUT2D eigenvalue weighted by Crippen LogP contribution is -2.29. The molecule has 0 saturated heterocycles. The number of imidazole rings is 1. The van der Waals surface area contributed by atoms with Crippen molar-refractivity contribution in [2.75, 3.05) is 20.2 Å². The number of aryl methyl sites for hydroxylation is 1. The zero-order chi connectivity index (χ0) is 12.8. The summed E-state index contributed by atoms with van der Waals surface area (Å²) in [7, 11) is 3.43. The molecular formula is C11H17N3O3. The van der Waals surface area contributed by atoms with Gasteiger partial charge in [-0.1, -0.05) is 0 Å². The predicted molar refractivity (Wildman–Crippen MR) is 61.4 cm³/mol. The number of nitrogens with zero attached hydrogens (tertiary/aromatic N) is 3. The average Bonchev–Trinajstić information content (AvgIpc) is 2.72. The number of aromatic nitrogens is 2. The van der Waals surface area contributed by atoms with Crippen molar-refractivity contribution >= 4 is 11.9 Å². The lowest BCUT2D eigenvalue weighted by atomic mass is 10.3. The molecule has 94 valence electrons. The van der Waals surface area contributed by atoms with Gasteiger partial charge in [0.2, 0.25) is 0 Å². The maximum Gasteiger partial charge on any atom is 0.307 e. The van der Waals surface area contributed by atoms with E-state index < -0.39 is 0 Å². The lowest BCUT2D eigenvalue weighted by molar-refractivity contribution is -0.143. The third-order valence-electron chi connectivity index (χ3n) is 2.23. The Hall–Kier alpha value is -1.85. The van der Waals surface area contributed by atoms with Gasteiger partial charge in [-0.15, -0.1) is 0 Å². The van der Waals surface area contributed by atoms with Gasteiger partial charge < -0.3 is 14.2 Å². The van der Waals surface area contributed by atoms with Crippen LogP contribution in [0.3, 0.4) is 0 Å². The smallest absolute Gasteiger partial charge is 0.307 e. The van der Waals surface area contributed by atoms with Crippen LogP contribution in [0.5, 0.6) is 0 Å². The Morgan fingerprint density at radius 3 is 2.76 bits per heavy atom. The molecular weight excluding hydrogens is 222 g/mol. The minimum atomic E-state index is -0.298. The van der Waals surface area contributed by atoms with E-state index in [0.29, 0.717) is 18.8 Å². The van der Waals surface area contributed by atoms with Crippen LogP contribution in [0, 0.1) is 0 Å². The summed E-state index contributed by atoms with van der Waals surface area (Å²) in [4.78, 5) is 28.4. The third-order valence-corrected chi connectivity index (χ3v) is 2.23.